The van der Waals surface area contributed by atoms with Gasteiger partial charge in [-0.05, 0) is 94.3 Å². The van der Waals surface area contributed by atoms with Crippen LogP contribution in [0.4, 0.5) is 0 Å². The van der Waals surface area contributed by atoms with Gasteiger partial charge in [-0.1, -0.05) is 0 Å². The Morgan fingerprint density at radius 1 is 1.04 bits per heavy atom. The maximum Gasteiger partial charge on any atom is 0.275 e. The lowest BCUT2D eigenvalue weighted by molar-refractivity contribution is -0.906. The van der Waals surface area contributed by atoms with Crippen molar-refractivity contribution in [3.8, 4) is 0 Å². The van der Waals surface area contributed by atoms with Gasteiger partial charge in [0.25, 0.3) is 5.91 Å². The summed E-state index contributed by atoms with van der Waals surface area (Å²) in [4.78, 5) is 12.8. The molecule has 5 aliphatic rings. The molecule has 3 nitrogen and oxygen atoms in total. The van der Waals surface area contributed by atoms with Crippen molar-refractivity contribution in [3.05, 3.63) is 0 Å². The minimum Gasteiger partial charge on any atom is -0.348 e. The molecule has 24 heavy (non-hydrogen) atoms. The normalized spacial score (nSPS) is 40.0. The van der Waals surface area contributed by atoms with Gasteiger partial charge in [0.1, 0.15) is 0 Å². The Morgan fingerprint density at radius 3 is 2.04 bits per heavy atom. The zero-order valence-electron chi connectivity index (χ0n) is 16.0. The number of hydrogen-bond donors (Lipinski definition) is 1. The quantitative estimate of drug-likeness (QED) is 0.763. The zero-order valence-corrected chi connectivity index (χ0v) is 16.0. The number of hydrogen-bond acceptors (Lipinski definition) is 1. The Balaban J connectivity index is 1.37. The van der Waals surface area contributed by atoms with Crippen molar-refractivity contribution in [1.29, 1.82) is 0 Å². The Bertz CT molecular complexity index is 457. The van der Waals surface area contributed by atoms with Crippen LogP contribution < -0.4 is 5.32 Å². The Hall–Kier alpha value is -0.570. The molecule has 0 heterocycles. The average molecular weight is 334 g/mol. The minimum atomic E-state index is 0.287. The molecule has 136 valence electrons. The largest absolute Gasteiger partial charge is 0.348 e. The van der Waals surface area contributed by atoms with Crippen LogP contribution in [0.25, 0.3) is 0 Å². The van der Waals surface area contributed by atoms with Crippen molar-refractivity contribution in [1.82, 2.24) is 5.32 Å². The van der Waals surface area contributed by atoms with Crippen molar-refractivity contribution in [2.75, 3.05) is 20.6 Å². The number of likely N-dealkylation sites (N-methyl/N-ethyl adjacent to an activating group) is 1. The molecule has 3 heteroatoms. The maximum absolute atomic E-state index is 12.8. The molecule has 1 atom stereocenters. The summed E-state index contributed by atoms with van der Waals surface area (Å²) < 4.78 is 0.874. The SMILES string of the molecule is C[C@@H](NC(=O)C[N+](C)(C)C1CCCC1)C12CC3CC(CC(C3)C1)C2. The summed E-state index contributed by atoms with van der Waals surface area (Å²) in [6.45, 7) is 2.96. The first-order chi connectivity index (χ1) is 11.4. The fraction of sp³-hybridized carbons (Fsp3) is 0.952. The van der Waals surface area contributed by atoms with E-state index in [2.05, 4.69) is 26.3 Å². The lowest BCUT2D eigenvalue weighted by atomic mass is 9.48. The van der Waals surface area contributed by atoms with Gasteiger partial charge in [-0.3, -0.25) is 4.79 Å². The molecule has 0 aromatic carbocycles. The lowest BCUT2D eigenvalue weighted by Gasteiger charge is -2.59. The first-order valence-electron chi connectivity index (χ1n) is 10.5. The molecule has 5 rings (SSSR count). The number of amides is 1. The topological polar surface area (TPSA) is 29.1 Å². The van der Waals surface area contributed by atoms with E-state index in [4.69, 9.17) is 0 Å². The molecule has 0 saturated heterocycles. The van der Waals surface area contributed by atoms with Gasteiger partial charge in [0.05, 0.1) is 20.1 Å². The second-order valence-corrected chi connectivity index (χ2v) is 10.4. The molecule has 5 aliphatic carbocycles. The van der Waals surface area contributed by atoms with Crippen LogP contribution in [0.1, 0.15) is 71.1 Å². The van der Waals surface area contributed by atoms with Crippen molar-refractivity contribution >= 4 is 5.91 Å². The van der Waals surface area contributed by atoms with Crippen LogP contribution in [0.15, 0.2) is 0 Å². The minimum absolute atomic E-state index is 0.287. The number of quaternary nitrogens is 1. The lowest BCUT2D eigenvalue weighted by Crippen LogP contribution is -2.59. The van der Waals surface area contributed by atoms with Crippen molar-refractivity contribution < 1.29 is 9.28 Å². The molecule has 0 aliphatic heterocycles. The third-order valence-corrected chi connectivity index (χ3v) is 8.25. The highest BCUT2D eigenvalue weighted by molar-refractivity contribution is 5.77. The number of carbonyl (C=O) groups is 1. The second-order valence-electron chi connectivity index (χ2n) is 10.4. The predicted molar refractivity (Wildman–Crippen MR) is 97.4 cm³/mol. The summed E-state index contributed by atoms with van der Waals surface area (Å²) in [6.07, 6.45) is 13.8. The van der Waals surface area contributed by atoms with Crippen LogP contribution in [0, 0.1) is 23.2 Å². The van der Waals surface area contributed by atoms with E-state index in [-0.39, 0.29) is 5.91 Å². The number of nitrogens with one attached hydrogen (secondary N) is 1. The number of nitrogens with zero attached hydrogens (tertiary/aromatic N) is 1. The van der Waals surface area contributed by atoms with Crippen LogP contribution in [0.2, 0.25) is 0 Å². The Morgan fingerprint density at radius 2 is 1.54 bits per heavy atom. The van der Waals surface area contributed by atoms with Gasteiger partial charge in [0.2, 0.25) is 0 Å². The van der Waals surface area contributed by atoms with Crippen LogP contribution in [0.3, 0.4) is 0 Å². The fourth-order valence-corrected chi connectivity index (χ4v) is 7.25. The van der Waals surface area contributed by atoms with E-state index in [1.807, 2.05) is 0 Å². The van der Waals surface area contributed by atoms with Crippen LogP contribution in [0.5, 0.6) is 0 Å². The summed E-state index contributed by atoms with van der Waals surface area (Å²) >= 11 is 0. The molecular formula is C21H37N2O+. The van der Waals surface area contributed by atoms with Gasteiger partial charge in [0, 0.05) is 6.04 Å². The molecule has 0 aromatic heterocycles. The van der Waals surface area contributed by atoms with Crippen molar-refractivity contribution in [2.45, 2.75) is 83.2 Å². The second kappa shape index (κ2) is 6.00. The molecule has 5 fully saturated rings. The summed E-state index contributed by atoms with van der Waals surface area (Å²) in [6, 6.07) is 1.05. The molecule has 1 amide bonds. The Kier molecular flexibility index (Phi) is 4.22. The standard InChI is InChI=1S/C21H36N2O/c1-15(21-11-16-8-17(12-21)10-18(9-16)13-21)22-20(24)14-23(2,3)19-6-4-5-7-19/h15-19H,4-14H2,1-3H3/p+1/t15-,16?,17?,18?,21?/m1/s1. The van der Waals surface area contributed by atoms with Gasteiger partial charge >= 0.3 is 0 Å². The Labute approximate surface area is 148 Å². The predicted octanol–water partition coefficient (Wildman–Crippen LogP) is 3.73. The smallest absolute Gasteiger partial charge is 0.275 e. The third kappa shape index (κ3) is 3.02. The summed E-state index contributed by atoms with van der Waals surface area (Å²) in [7, 11) is 4.51. The highest BCUT2D eigenvalue weighted by atomic mass is 16.2. The maximum atomic E-state index is 12.8. The molecule has 5 saturated carbocycles. The highest BCUT2D eigenvalue weighted by Gasteiger charge is 2.53. The molecular weight excluding hydrogens is 296 g/mol. The summed E-state index contributed by atoms with van der Waals surface area (Å²) in [5.74, 6) is 3.17. The third-order valence-electron chi connectivity index (χ3n) is 8.25. The van der Waals surface area contributed by atoms with E-state index in [1.54, 1.807) is 0 Å². The summed E-state index contributed by atoms with van der Waals surface area (Å²) in [5, 5.41) is 3.46. The molecule has 0 radical (unpaired) electrons. The molecule has 1 N–H and O–H groups in total. The van der Waals surface area contributed by atoms with Crippen LogP contribution in [-0.4, -0.2) is 43.1 Å². The number of rotatable bonds is 5. The van der Waals surface area contributed by atoms with E-state index in [1.165, 1.54) is 64.2 Å². The first-order valence-corrected chi connectivity index (χ1v) is 10.5. The fourth-order valence-electron chi connectivity index (χ4n) is 7.25. The van der Waals surface area contributed by atoms with Crippen LogP contribution >= 0.6 is 0 Å². The van der Waals surface area contributed by atoms with Crippen molar-refractivity contribution in [2.24, 2.45) is 23.2 Å². The van der Waals surface area contributed by atoms with Crippen LogP contribution in [-0.2, 0) is 4.79 Å². The van der Waals surface area contributed by atoms with E-state index >= 15 is 0 Å². The molecule has 0 unspecified atom stereocenters. The van der Waals surface area contributed by atoms with E-state index in [9.17, 15) is 4.79 Å². The highest BCUT2D eigenvalue weighted by Crippen LogP contribution is 2.61. The van der Waals surface area contributed by atoms with Gasteiger partial charge in [-0.2, -0.15) is 0 Å². The molecule has 0 spiro atoms. The van der Waals surface area contributed by atoms with Gasteiger partial charge in [0.15, 0.2) is 6.54 Å². The summed E-state index contributed by atoms with van der Waals surface area (Å²) in [5.41, 5.74) is 0.426. The van der Waals surface area contributed by atoms with Gasteiger partial charge in [-0.25, -0.2) is 0 Å². The monoisotopic (exact) mass is 333 g/mol. The van der Waals surface area contributed by atoms with E-state index in [0.29, 0.717) is 24.0 Å². The zero-order chi connectivity index (χ0) is 16.9. The van der Waals surface area contributed by atoms with E-state index < -0.39 is 0 Å². The molecule has 4 bridgehead atoms. The van der Waals surface area contributed by atoms with Crippen molar-refractivity contribution in [3.63, 3.8) is 0 Å². The molecule has 0 aromatic rings. The van der Waals surface area contributed by atoms with Gasteiger partial charge in [-0.15, -0.1) is 0 Å². The van der Waals surface area contributed by atoms with Gasteiger partial charge < -0.3 is 9.80 Å². The van der Waals surface area contributed by atoms with E-state index in [0.717, 1.165) is 22.2 Å². The average Bonchev–Trinajstić information content (AvgIpc) is 2.99. The first kappa shape index (κ1) is 16.9. The number of carbonyl (C=O) groups excluding carboxylic acids is 1.